The molecule has 0 aliphatic rings. The Morgan fingerprint density at radius 2 is 2.00 bits per heavy atom. The van der Waals surface area contributed by atoms with Crippen LogP contribution in [0.4, 0.5) is 0 Å². The highest BCUT2D eigenvalue weighted by atomic mass is 16.5. The number of hydrogen-bond acceptors (Lipinski definition) is 4. The second-order valence-corrected chi connectivity index (χ2v) is 2.51. The number of carbonyl (C=O) groups is 1. The monoisotopic (exact) mass is 172 g/mol. The molecule has 12 heavy (non-hydrogen) atoms. The van der Waals surface area contributed by atoms with Gasteiger partial charge >= 0.3 is 5.97 Å². The van der Waals surface area contributed by atoms with Crippen LogP contribution in [0.5, 0.6) is 0 Å². The third kappa shape index (κ3) is 4.10. The summed E-state index contributed by atoms with van der Waals surface area (Å²) in [7, 11) is 3.57. The molecule has 0 aromatic rings. The Morgan fingerprint density at radius 3 is 2.33 bits per heavy atom. The lowest BCUT2D eigenvalue weighted by atomic mass is 10.4. The third-order valence-electron chi connectivity index (χ3n) is 1.43. The van der Waals surface area contributed by atoms with E-state index in [1.54, 1.807) is 21.0 Å². The number of hydrogen-bond donors (Lipinski definition) is 2. The summed E-state index contributed by atoms with van der Waals surface area (Å²) in [6.45, 7) is 5.39. The van der Waals surface area contributed by atoms with E-state index in [9.17, 15) is 4.79 Å². The van der Waals surface area contributed by atoms with Crippen molar-refractivity contribution in [2.75, 3.05) is 20.7 Å². The summed E-state index contributed by atoms with van der Waals surface area (Å²) in [5.41, 5.74) is 0.418. The fourth-order valence-electron chi connectivity index (χ4n) is 0.593. The highest BCUT2D eigenvalue weighted by molar-refractivity contribution is 5.86. The maximum atomic E-state index is 10.9. The van der Waals surface area contributed by atoms with Crippen molar-refractivity contribution in [1.29, 1.82) is 0 Å². The Morgan fingerprint density at radius 1 is 1.50 bits per heavy atom. The van der Waals surface area contributed by atoms with E-state index in [0.717, 1.165) is 0 Å². The van der Waals surface area contributed by atoms with Crippen LogP contribution < -0.4 is 10.6 Å². The van der Waals surface area contributed by atoms with E-state index in [1.807, 2.05) is 0 Å². The number of ether oxygens (including phenoxy) is 1. The summed E-state index contributed by atoms with van der Waals surface area (Å²) in [6, 6.07) is 0. The molecule has 0 aromatic carbocycles. The number of likely N-dealkylation sites (N-methyl/N-ethyl adjacent to an activating group) is 2. The van der Waals surface area contributed by atoms with Crippen LogP contribution in [-0.4, -0.2) is 32.8 Å². The molecule has 0 amide bonds. The van der Waals surface area contributed by atoms with Crippen LogP contribution in [0.25, 0.3) is 0 Å². The van der Waals surface area contributed by atoms with Crippen LogP contribution in [0.1, 0.15) is 6.92 Å². The predicted molar refractivity (Wildman–Crippen MR) is 47.7 cm³/mol. The summed E-state index contributed by atoms with van der Waals surface area (Å²) < 4.78 is 4.88. The molecule has 0 spiro atoms. The Labute approximate surface area is 73.0 Å². The Bertz CT molecular complexity index is 164. The number of rotatable bonds is 5. The molecular weight excluding hydrogens is 156 g/mol. The zero-order chi connectivity index (χ0) is 9.56. The highest BCUT2D eigenvalue weighted by Crippen LogP contribution is 1.92. The molecule has 0 heterocycles. The van der Waals surface area contributed by atoms with Crippen LogP contribution in [0, 0.1) is 0 Å². The zero-order valence-electron chi connectivity index (χ0n) is 7.81. The van der Waals surface area contributed by atoms with Crippen LogP contribution in [0.2, 0.25) is 0 Å². The quantitative estimate of drug-likeness (QED) is 0.344. The summed E-state index contributed by atoms with van der Waals surface area (Å²) in [5, 5.41) is 5.86. The van der Waals surface area contributed by atoms with Gasteiger partial charge in [-0.05, 0) is 21.0 Å². The molecule has 0 bridgehead atoms. The topological polar surface area (TPSA) is 50.4 Å². The van der Waals surface area contributed by atoms with Crippen molar-refractivity contribution in [3.8, 4) is 0 Å². The van der Waals surface area contributed by atoms with E-state index in [4.69, 9.17) is 4.74 Å². The molecule has 2 N–H and O–H groups in total. The molecule has 0 saturated carbocycles. The maximum absolute atomic E-state index is 10.9. The van der Waals surface area contributed by atoms with E-state index in [2.05, 4.69) is 17.2 Å². The van der Waals surface area contributed by atoms with E-state index in [-0.39, 0.29) is 12.1 Å². The fraction of sp³-hybridized carbons (Fsp3) is 0.625. The summed E-state index contributed by atoms with van der Waals surface area (Å²) >= 11 is 0. The minimum atomic E-state index is -0.356. The molecule has 4 nitrogen and oxygen atoms in total. The van der Waals surface area contributed by atoms with E-state index in [0.29, 0.717) is 12.2 Å². The average Bonchev–Trinajstić information content (AvgIpc) is 2.05. The molecule has 0 unspecified atom stereocenters. The van der Waals surface area contributed by atoms with Crippen LogP contribution >= 0.6 is 0 Å². The Hall–Kier alpha value is -0.870. The van der Waals surface area contributed by atoms with E-state index in [1.165, 1.54) is 0 Å². The molecule has 0 aliphatic heterocycles. The van der Waals surface area contributed by atoms with Crippen molar-refractivity contribution < 1.29 is 9.53 Å². The van der Waals surface area contributed by atoms with Gasteiger partial charge in [0.05, 0.1) is 6.17 Å². The van der Waals surface area contributed by atoms with Crippen LogP contribution in [-0.2, 0) is 9.53 Å². The number of nitrogens with one attached hydrogen (secondary N) is 2. The third-order valence-corrected chi connectivity index (χ3v) is 1.43. The van der Waals surface area contributed by atoms with Crippen molar-refractivity contribution >= 4 is 5.97 Å². The minimum Gasteiger partial charge on any atom is -0.459 e. The molecule has 0 saturated heterocycles. The summed E-state index contributed by atoms with van der Waals surface area (Å²) in [4.78, 5) is 10.9. The van der Waals surface area contributed by atoms with Crippen molar-refractivity contribution in [2.24, 2.45) is 0 Å². The predicted octanol–water partition coefficient (Wildman–Crippen LogP) is -0.129. The largest absolute Gasteiger partial charge is 0.459 e. The molecule has 0 atom stereocenters. The smallest absolute Gasteiger partial charge is 0.333 e. The van der Waals surface area contributed by atoms with Gasteiger partial charge in [0.25, 0.3) is 0 Å². The molecular formula is C8H16N2O2. The van der Waals surface area contributed by atoms with Gasteiger partial charge in [-0.1, -0.05) is 6.58 Å². The van der Waals surface area contributed by atoms with Gasteiger partial charge in [0.2, 0.25) is 0 Å². The van der Waals surface area contributed by atoms with Crippen molar-refractivity contribution in [1.82, 2.24) is 10.6 Å². The van der Waals surface area contributed by atoms with Crippen molar-refractivity contribution in [3.05, 3.63) is 12.2 Å². The number of carbonyl (C=O) groups excluding carboxylic acids is 1. The van der Waals surface area contributed by atoms with Gasteiger partial charge in [-0.3, -0.25) is 0 Å². The maximum Gasteiger partial charge on any atom is 0.333 e. The van der Waals surface area contributed by atoms with Gasteiger partial charge in [-0.25, -0.2) is 4.79 Å². The van der Waals surface area contributed by atoms with Crippen LogP contribution in [0.15, 0.2) is 12.2 Å². The zero-order valence-corrected chi connectivity index (χ0v) is 7.81. The molecule has 0 radical (unpaired) electrons. The van der Waals surface area contributed by atoms with Crippen molar-refractivity contribution in [2.45, 2.75) is 13.1 Å². The molecule has 70 valence electrons. The highest BCUT2D eigenvalue weighted by Gasteiger charge is 2.07. The first kappa shape index (κ1) is 11.1. The Balaban J connectivity index is 3.66. The van der Waals surface area contributed by atoms with Crippen LogP contribution in [0.3, 0.4) is 0 Å². The van der Waals surface area contributed by atoms with E-state index >= 15 is 0 Å². The number of esters is 1. The van der Waals surface area contributed by atoms with Gasteiger partial charge in [0.15, 0.2) is 0 Å². The minimum absolute atomic E-state index is 0.00620. The van der Waals surface area contributed by atoms with Gasteiger partial charge in [-0.2, -0.15) is 0 Å². The van der Waals surface area contributed by atoms with E-state index < -0.39 is 0 Å². The lowest BCUT2D eigenvalue weighted by Gasteiger charge is -2.14. The SMILES string of the molecule is C=C(C)C(=O)OCC(NC)NC. The lowest BCUT2D eigenvalue weighted by molar-refractivity contribution is -0.139. The average molecular weight is 172 g/mol. The van der Waals surface area contributed by atoms with Crippen molar-refractivity contribution in [3.63, 3.8) is 0 Å². The fourth-order valence-corrected chi connectivity index (χ4v) is 0.593. The first-order valence-corrected chi connectivity index (χ1v) is 3.79. The molecule has 4 heteroatoms. The van der Waals surface area contributed by atoms with Gasteiger partial charge < -0.3 is 15.4 Å². The summed E-state index contributed by atoms with van der Waals surface area (Å²) in [5.74, 6) is -0.356. The first-order valence-electron chi connectivity index (χ1n) is 3.79. The second-order valence-electron chi connectivity index (χ2n) is 2.51. The normalized spacial score (nSPS) is 10.0. The second kappa shape index (κ2) is 5.74. The first-order chi connectivity index (χ1) is 5.61. The standard InChI is InChI=1S/C8H16N2O2/c1-6(2)8(11)12-5-7(9-3)10-4/h7,9-10H,1,5H2,2-4H3. The molecule has 0 rings (SSSR count). The lowest BCUT2D eigenvalue weighted by Crippen LogP contribution is -2.42. The molecule has 0 aliphatic carbocycles. The molecule has 0 aromatic heterocycles. The van der Waals surface area contributed by atoms with Gasteiger partial charge in [0, 0.05) is 5.57 Å². The van der Waals surface area contributed by atoms with Gasteiger partial charge in [0.1, 0.15) is 6.61 Å². The van der Waals surface area contributed by atoms with Gasteiger partial charge in [-0.15, -0.1) is 0 Å². The Kier molecular flexibility index (Phi) is 5.32. The summed E-state index contributed by atoms with van der Waals surface area (Å²) in [6.07, 6.45) is -0.00620. The molecule has 0 fully saturated rings.